The van der Waals surface area contributed by atoms with Crippen LogP contribution in [0.1, 0.15) is 31.4 Å². The van der Waals surface area contributed by atoms with Gasteiger partial charge in [0.1, 0.15) is 11.6 Å². The fourth-order valence-corrected chi connectivity index (χ4v) is 2.21. The molecule has 23 heavy (non-hydrogen) atoms. The lowest BCUT2D eigenvalue weighted by molar-refractivity contribution is 0.217. The molecule has 0 aliphatic rings. The summed E-state index contributed by atoms with van der Waals surface area (Å²) in [6.07, 6.45) is 2.69. The van der Waals surface area contributed by atoms with E-state index in [2.05, 4.69) is 6.07 Å². The Bertz CT molecular complexity index is 747. The Morgan fingerprint density at radius 3 is 2.57 bits per heavy atom. The van der Waals surface area contributed by atoms with Crippen LogP contribution in [0.25, 0.3) is 11.6 Å². The largest absolute Gasteiger partial charge is 0.489 e. The molecule has 118 valence electrons. The quantitative estimate of drug-likeness (QED) is 0.519. The summed E-state index contributed by atoms with van der Waals surface area (Å²) in [6, 6.07) is 13.3. The van der Waals surface area contributed by atoms with Gasteiger partial charge >= 0.3 is 0 Å². The second-order valence-electron chi connectivity index (χ2n) is 5.20. The van der Waals surface area contributed by atoms with Crippen molar-refractivity contribution in [3.63, 3.8) is 0 Å². The third kappa shape index (κ3) is 4.58. The lowest BCUT2D eigenvalue weighted by atomic mass is 10.0. The fraction of sp³-hybridized carbons (Fsp3) is 0.211. The lowest BCUT2D eigenvalue weighted by Gasteiger charge is -2.14. The monoisotopic (exact) mass is 329 g/mol. The predicted molar refractivity (Wildman–Crippen MR) is 91.7 cm³/mol. The maximum Gasteiger partial charge on any atom is 0.138 e. The Balaban J connectivity index is 2.29. The lowest BCUT2D eigenvalue weighted by Crippen LogP contribution is -2.09. The first kappa shape index (κ1) is 17.1. The number of halogens is 2. The molecule has 2 aromatic rings. The molecule has 0 fully saturated rings. The van der Waals surface area contributed by atoms with Gasteiger partial charge in [0.25, 0.3) is 0 Å². The number of rotatable bonds is 5. The summed E-state index contributed by atoms with van der Waals surface area (Å²) in [4.78, 5) is 0. The van der Waals surface area contributed by atoms with Gasteiger partial charge in [0, 0.05) is 0 Å². The van der Waals surface area contributed by atoms with Crippen molar-refractivity contribution in [2.45, 2.75) is 26.4 Å². The molecular weight excluding hydrogens is 313 g/mol. The van der Waals surface area contributed by atoms with Gasteiger partial charge in [-0.1, -0.05) is 36.7 Å². The summed E-state index contributed by atoms with van der Waals surface area (Å²) in [5.74, 6) is 0.291. The minimum absolute atomic E-state index is 0.0859. The van der Waals surface area contributed by atoms with E-state index in [9.17, 15) is 9.65 Å². The highest BCUT2D eigenvalue weighted by Crippen LogP contribution is 2.28. The zero-order valence-corrected chi connectivity index (χ0v) is 13.8. The molecule has 0 aliphatic heterocycles. The molecule has 2 aromatic carbocycles. The fourth-order valence-electron chi connectivity index (χ4n) is 1.98. The predicted octanol–water partition coefficient (Wildman–Crippen LogP) is 5.72. The summed E-state index contributed by atoms with van der Waals surface area (Å²) in [5, 5.41) is 9.81. The molecule has 0 radical (unpaired) electrons. The van der Waals surface area contributed by atoms with E-state index in [0.717, 1.165) is 12.0 Å². The van der Waals surface area contributed by atoms with Gasteiger partial charge in [-0.25, -0.2) is 4.39 Å². The Kier molecular flexibility index (Phi) is 5.78. The van der Waals surface area contributed by atoms with Crippen molar-refractivity contribution in [3.8, 4) is 11.8 Å². The van der Waals surface area contributed by atoms with E-state index < -0.39 is 0 Å². The summed E-state index contributed by atoms with van der Waals surface area (Å²) in [6.45, 7) is 4.02. The van der Waals surface area contributed by atoms with Crippen LogP contribution in [0.15, 0.2) is 42.5 Å². The van der Waals surface area contributed by atoms with Crippen molar-refractivity contribution >= 4 is 23.3 Å². The Morgan fingerprint density at radius 1 is 1.30 bits per heavy atom. The van der Waals surface area contributed by atoms with Crippen LogP contribution in [0.2, 0.25) is 5.02 Å². The van der Waals surface area contributed by atoms with Crippen LogP contribution >= 0.6 is 11.6 Å². The van der Waals surface area contributed by atoms with E-state index in [1.54, 1.807) is 30.3 Å². The zero-order valence-electron chi connectivity index (χ0n) is 13.0. The molecule has 0 N–H and O–H groups in total. The average molecular weight is 330 g/mol. The molecular formula is C19H17ClFNO. The Morgan fingerprint density at radius 2 is 2.00 bits per heavy atom. The highest BCUT2D eigenvalue weighted by molar-refractivity contribution is 6.32. The first-order valence-corrected chi connectivity index (χ1v) is 7.75. The third-order valence-corrected chi connectivity index (χ3v) is 3.74. The topological polar surface area (TPSA) is 33.0 Å². The van der Waals surface area contributed by atoms with Gasteiger partial charge in [-0.15, -0.1) is 0 Å². The number of hydrogen-bond acceptors (Lipinski definition) is 2. The smallest absolute Gasteiger partial charge is 0.138 e. The average Bonchev–Trinajstić information content (AvgIpc) is 2.55. The summed E-state index contributed by atoms with van der Waals surface area (Å²) in [7, 11) is 0. The summed E-state index contributed by atoms with van der Waals surface area (Å²) in [5.41, 5.74) is 1.88. The van der Waals surface area contributed by atoms with Crippen LogP contribution in [-0.4, -0.2) is 6.10 Å². The highest BCUT2D eigenvalue weighted by Gasteiger charge is 2.07. The van der Waals surface area contributed by atoms with Crippen molar-refractivity contribution in [2.24, 2.45) is 0 Å². The van der Waals surface area contributed by atoms with Crippen LogP contribution < -0.4 is 4.74 Å². The van der Waals surface area contributed by atoms with Gasteiger partial charge in [0.05, 0.1) is 22.8 Å². The van der Waals surface area contributed by atoms with Crippen LogP contribution in [0.3, 0.4) is 0 Å². The molecule has 0 saturated carbocycles. The van der Waals surface area contributed by atoms with Crippen molar-refractivity contribution in [2.75, 3.05) is 0 Å². The number of nitrogens with zero attached hydrogens (tertiary/aromatic N) is 1. The molecule has 2 nitrogen and oxygen atoms in total. The SMILES string of the molecule is CCC(C)Oc1ccc(C=C(C#N)c2ccc(F)cc2)cc1Cl. The second kappa shape index (κ2) is 7.80. The third-order valence-electron chi connectivity index (χ3n) is 3.45. The zero-order chi connectivity index (χ0) is 16.8. The van der Waals surface area contributed by atoms with Crippen molar-refractivity contribution in [1.82, 2.24) is 0 Å². The van der Waals surface area contributed by atoms with E-state index in [1.807, 2.05) is 19.9 Å². The molecule has 4 heteroatoms. The van der Waals surface area contributed by atoms with E-state index in [4.69, 9.17) is 16.3 Å². The van der Waals surface area contributed by atoms with Gasteiger partial charge in [0.15, 0.2) is 0 Å². The van der Waals surface area contributed by atoms with Crippen LogP contribution in [-0.2, 0) is 0 Å². The summed E-state index contributed by atoms with van der Waals surface area (Å²) >= 11 is 6.24. The molecule has 0 heterocycles. The van der Waals surface area contributed by atoms with Gasteiger partial charge in [-0.3, -0.25) is 0 Å². The molecule has 1 unspecified atom stereocenters. The Labute approximate surface area is 140 Å². The molecule has 2 rings (SSSR count). The standard InChI is InChI=1S/C19H17ClFNO/c1-3-13(2)23-19-9-4-14(11-18(19)20)10-16(12-22)15-5-7-17(21)8-6-15/h4-11,13H,3H2,1-2H3. The number of benzene rings is 2. The number of allylic oxidation sites excluding steroid dienone is 1. The second-order valence-corrected chi connectivity index (χ2v) is 5.61. The summed E-state index contributed by atoms with van der Waals surface area (Å²) < 4.78 is 18.7. The van der Waals surface area contributed by atoms with Crippen LogP contribution in [0.4, 0.5) is 4.39 Å². The van der Waals surface area contributed by atoms with E-state index >= 15 is 0 Å². The number of ether oxygens (including phenoxy) is 1. The maximum atomic E-state index is 13.0. The molecule has 0 saturated heterocycles. The van der Waals surface area contributed by atoms with Crippen molar-refractivity contribution < 1.29 is 9.13 Å². The van der Waals surface area contributed by atoms with E-state index in [-0.39, 0.29) is 11.9 Å². The van der Waals surface area contributed by atoms with E-state index in [0.29, 0.717) is 21.9 Å². The van der Waals surface area contributed by atoms with Gasteiger partial charge in [-0.2, -0.15) is 5.26 Å². The maximum absolute atomic E-state index is 13.0. The molecule has 0 aromatic heterocycles. The first-order chi connectivity index (χ1) is 11.0. The number of hydrogen-bond donors (Lipinski definition) is 0. The molecule has 1 atom stereocenters. The molecule has 0 aliphatic carbocycles. The van der Waals surface area contributed by atoms with Crippen molar-refractivity contribution in [3.05, 3.63) is 64.4 Å². The molecule has 0 spiro atoms. The highest BCUT2D eigenvalue weighted by atomic mass is 35.5. The van der Waals surface area contributed by atoms with E-state index in [1.165, 1.54) is 12.1 Å². The van der Waals surface area contributed by atoms with Gasteiger partial charge in [0.2, 0.25) is 0 Å². The number of nitriles is 1. The van der Waals surface area contributed by atoms with Gasteiger partial charge < -0.3 is 4.74 Å². The minimum atomic E-state index is -0.333. The first-order valence-electron chi connectivity index (χ1n) is 7.37. The molecule has 0 bridgehead atoms. The Hall–Kier alpha value is -2.31. The van der Waals surface area contributed by atoms with Crippen LogP contribution in [0, 0.1) is 17.1 Å². The van der Waals surface area contributed by atoms with Crippen LogP contribution in [0.5, 0.6) is 5.75 Å². The normalized spacial score (nSPS) is 12.6. The molecule has 0 amide bonds. The minimum Gasteiger partial charge on any atom is -0.489 e. The van der Waals surface area contributed by atoms with Gasteiger partial charge in [-0.05, 0) is 54.8 Å². The van der Waals surface area contributed by atoms with Crippen molar-refractivity contribution in [1.29, 1.82) is 5.26 Å².